The van der Waals surface area contributed by atoms with E-state index in [-0.39, 0.29) is 22.2 Å². The van der Waals surface area contributed by atoms with Crippen molar-refractivity contribution in [3.05, 3.63) is 46.9 Å². The van der Waals surface area contributed by atoms with E-state index in [1.165, 1.54) is 36.5 Å². The average Bonchev–Trinajstić information content (AvgIpc) is 2.28. The number of hydrogen-bond donors (Lipinski definition) is 1. The van der Waals surface area contributed by atoms with Crippen molar-refractivity contribution in [3.8, 4) is 11.1 Å². The normalized spacial score (nSPS) is 11.5. The van der Waals surface area contributed by atoms with Gasteiger partial charge in [-0.05, 0) is 29.5 Å². The molecule has 0 saturated heterocycles. The maximum Gasteiger partial charge on any atom is 0.446 e. The number of alkyl halides is 3. The molecule has 2 aromatic rings. The van der Waals surface area contributed by atoms with Gasteiger partial charge in [-0.3, -0.25) is 4.79 Å². The van der Waals surface area contributed by atoms with Gasteiger partial charge in [0, 0.05) is 16.5 Å². The summed E-state index contributed by atoms with van der Waals surface area (Å²) in [6, 6.07) is 7.08. The smallest absolute Gasteiger partial charge is 0.268 e. The van der Waals surface area contributed by atoms with Crippen LogP contribution < -0.4 is 5.56 Å². The third-order valence-electron chi connectivity index (χ3n) is 2.09. The quantitative estimate of drug-likeness (QED) is 0.855. The minimum atomic E-state index is -4.30. The fraction of sp³-hybridized carbons (Fsp3) is 0.0909. The molecule has 0 bridgehead atoms. The molecular formula is C11H7F3N2OS. The number of hydrogen-bond acceptors (Lipinski definition) is 3. The molecule has 0 radical (unpaired) electrons. The van der Waals surface area contributed by atoms with Gasteiger partial charge < -0.3 is 0 Å². The molecule has 0 spiro atoms. The van der Waals surface area contributed by atoms with Gasteiger partial charge in [0.2, 0.25) is 0 Å². The predicted octanol–water partition coefficient (Wildman–Crippen LogP) is 3.05. The van der Waals surface area contributed by atoms with E-state index in [1.807, 2.05) is 0 Å². The molecule has 7 heteroatoms. The monoisotopic (exact) mass is 272 g/mol. The summed E-state index contributed by atoms with van der Waals surface area (Å²) in [4.78, 5) is 11.1. The second-order valence-electron chi connectivity index (χ2n) is 3.41. The van der Waals surface area contributed by atoms with Gasteiger partial charge in [-0.2, -0.15) is 18.3 Å². The molecule has 18 heavy (non-hydrogen) atoms. The van der Waals surface area contributed by atoms with Crippen LogP contribution in [0, 0.1) is 0 Å². The van der Waals surface area contributed by atoms with Crippen LogP contribution in [-0.2, 0) is 0 Å². The molecule has 2 rings (SSSR count). The summed E-state index contributed by atoms with van der Waals surface area (Å²) in [6.07, 6.45) is 1.44. The molecule has 0 fully saturated rings. The molecule has 3 nitrogen and oxygen atoms in total. The number of benzene rings is 1. The third kappa shape index (κ3) is 3.36. The van der Waals surface area contributed by atoms with E-state index in [0.29, 0.717) is 11.1 Å². The topological polar surface area (TPSA) is 45.8 Å². The lowest BCUT2D eigenvalue weighted by molar-refractivity contribution is -0.0328. The van der Waals surface area contributed by atoms with Crippen molar-refractivity contribution in [3.63, 3.8) is 0 Å². The molecule has 0 saturated carbocycles. The molecule has 0 aliphatic carbocycles. The summed E-state index contributed by atoms with van der Waals surface area (Å²) in [5.74, 6) is 0. The van der Waals surface area contributed by atoms with Crippen LogP contribution in [0.2, 0.25) is 0 Å². The summed E-state index contributed by atoms with van der Waals surface area (Å²) >= 11 is -0.176. The maximum atomic E-state index is 12.1. The average molecular weight is 272 g/mol. The van der Waals surface area contributed by atoms with Crippen molar-refractivity contribution in [2.45, 2.75) is 10.4 Å². The lowest BCUT2D eigenvalue weighted by atomic mass is 10.1. The second-order valence-corrected chi connectivity index (χ2v) is 4.54. The zero-order valence-electron chi connectivity index (χ0n) is 8.86. The Balaban J connectivity index is 2.25. The second kappa shape index (κ2) is 4.85. The molecule has 0 atom stereocenters. The van der Waals surface area contributed by atoms with Crippen LogP contribution in [0.4, 0.5) is 13.2 Å². The van der Waals surface area contributed by atoms with Crippen LogP contribution >= 0.6 is 11.8 Å². The Labute approximate surface area is 104 Å². The minimum absolute atomic E-state index is 0.101. The van der Waals surface area contributed by atoms with Crippen LogP contribution in [0.3, 0.4) is 0 Å². The number of rotatable bonds is 2. The Morgan fingerprint density at radius 3 is 2.33 bits per heavy atom. The lowest BCUT2D eigenvalue weighted by Gasteiger charge is -2.06. The number of halogens is 3. The van der Waals surface area contributed by atoms with Crippen LogP contribution in [0.1, 0.15) is 0 Å². The van der Waals surface area contributed by atoms with Crippen molar-refractivity contribution in [1.82, 2.24) is 10.2 Å². The summed E-state index contributed by atoms with van der Waals surface area (Å²) in [5.41, 5.74) is -3.46. The molecule has 0 unspecified atom stereocenters. The number of thioether (sulfide) groups is 1. The summed E-state index contributed by atoms with van der Waals surface area (Å²) < 4.78 is 36.4. The minimum Gasteiger partial charge on any atom is -0.268 e. The fourth-order valence-electron chi connectivity index (χ4n) is 1.38. The highest BCUT2D eigenvalue weighted by atomic mass is 32.2. The molecule has 1 aromatic carbocycles. The highest BCUT2D eigenvalue weighted by Crippen LogP contribution is 2.37. The first-order chi connectivity index (χ1) is 8.44. The molecule has 94 valence electrons. The van der Waals surface area contributed by atoms with E-state index >= 15 is 0 Å². The lowest BCUT2D eigenvalue weighted by Crippen LogP contribution is -2.05. The largest absolute Gasteiger partial charge is 0.446 e. The number of aromatic amines is 1. The van der Waals surface area contributed by atoms with Gasteiger partial charge in [-0.15, -0.1) is 0 Å². The van der Waals surface area contributed by atoms with Gasteiger partial charge in [0.1, 0.15) is 0 Å². The van der Waals surface area contributed by atoms with E-state index in [0.717, 1.165) is 0 Å². The molecule has 1 N–H and O–H groups in total. The van der Waals surface area contributed by atoms with E-state index < -0.39 is 5.51 Å². The Kier molecular flexibility index (Phi) is 3.42. The highest BCUT2D eigenvalue weighted by Gasteiger charge is 2.28. The van der Waals surface area contributed by atoms with Gasteiger partial charge >= 0.3 is 5.51 Å². The van der Waals surface area contributed by atoms with E-state index in [9.17, 15) is 18.0 Å². The number of aromatic nitrogens is 2. The van der Waals surface area contributed by atoms with Crippen LogP contribution in [0.25, 0.3) is 11.1 Å². The van der Waals surface area contributed by atoms with Gasteiger partial charge in [0.25, 0.3) is 5.56 Å². The Morgan fingerprint density at radius 2 is 1.78 bits per heavy atom. The number of nitrogens with zero attached hydrogens (tertiary/aromatic N) is 1. The molecule has 0 aliphatic heterocycles. The molecule has 0 aliphatic rings. The number of H-pyrrole nitrogens is 1. The summed E-state index contributed by atoms with van der Waals surface area (Å²) in [6.45, 7) is 0. The highest BCUT2D eigenvalue weighted by molar-refractivity contribution is 8.00. The van der Waals surface area contributed by atoms with Crippen LogP contribution in [0.15, 0.2) is 46.2 Å². The molecule has 1 aromatic heterocycles. The Morgan fingerprint density at radius 1 is 1.11 bits per heavy atom. The molecule has 1 heterocycles. The first kappa shape index (κ1) is 12.7. The third-order valence-corrected chi connectivity index (χ3v) is 2.83. The van der Waals surface area contributed by atoms with Crippen LogP contribution in [-0.4, -0.2) is 15.7 Å². The van der Waals surface area contributed by atoms with Gasteiger partial charge in [0.05, 0.1) is 6.20 Å². The van der Waals surface area contributed by atoms with Gasteiger partial charge in [0.15, 0.2) is 0 Å². The first-order valence-corrected chi connectivity index (χ1v) is 5.67. The number of nitrogens with one attached hydrogen (secondary N) is 1. The maximum absolute atomic E-state index is 12.1. The van der Waals surface area contributed by atoms with E-state index in [4.69, 9.17) is 0 Å². The van der Waals surface area contributed by atoms with Crippen molar-refractivity contribution < 1.29 is 13.2 Å². The summed E-state index contributed by atoms with van der Waals surface area (Å²) in [5, 5.41) is 5.85. The van der Waals surface area contributed by atoms with Gasteiger partial charge in [-0.1, -0.05) is 12.1 Å². The molecular weight excluding hydrogens is 265 g/mol. The van der Waals surface area contributed by atoms with Crippen molar-refractivity contribution in [2.75, 3.05) is 0 Å². The van der Waals surface area contributed by atoms with Crippen molar-refractivity contribution >= 4 is 11.8 Å². The van der Waals surface area contributed by atoms with Crippen molar-refractivity contribution in [1.29, 1.82) is 0 Å². The standard InChI is InChI=1S/C11H7F3N2OS/c12-11(13,14)18-9-3-1-7(2-4-9)8-5-10(17)16-15-6-8/h1-6H,(H,16,17). The van der Waals surface area contributed by atoms with Crippen molar-refractivity contribution in [2.24, 2.45) is 0 Å². The first-order valence-electron chi connectivity index (χ1n) is 4.85. The SMILES string of the molecule is O=c1cc(-c2ccc(SC(F)(F)F)cc2)cn[nH]1. The zero-order chi connectivity index (χ0) is 13.2. The van der Waals surface area contributed by atoms with E-state index in [1.54, 1.807) is 0 Å². The zero-order valence-corrected chi connectivity index (χ0v) is 9.68. The van der Waals surface area contributed by atoms with Crippen LogP contribution in [0.5, 0.6) is 0 Å². The van der Waals surface area contributed by atoms with Gasteiger partial charge in [-0.25, -0.2) is 5.10 Å². The van der Waals surface area contributed by atoms with E-state index in [2.05, 4.69) is 10.2 Å². The summed E-state index contributed by atoms with van der Waals surface area (Å²) in [7, 11) is 0. The predicted molar refractivity (Wildman–Crippen MR) is 62.2 cm³/mol. The Hall–Kier alpha value is -1.76. The molecule has 0 amide bonds. The fourth-order valence-corrected chi connectivity index (χ4v) is 1.92. The Bertz CT molecular complexity index is 592.